The van der Waals surface area contributed by atoms with Gasteiger partial charge in [-0.25, -0.2) is 8.42 Å². The first-order valence-electron chi connectivity index (χ1n) is 4.35. The predicted molar refractivity (Wildman–Crippen MR) is 53.4 cm³/mol. The quantitative estimate of drug-likeness (QED) is 0.599. The Morgan fingerprint density at radius 1 is 1.57 bits per heavy atom. The molecule has 2 heterocycles. The molecule has 0 aliphatic carbocycles. The maximum Gasteiger partial charge on any atom is 0.203 e. The van der Waals surface area contributed by atoms with Gasteiger partial charge in [-0.15, -0.1) is 0 Å². The van der Waals surface area contributed by atoms with Gasteiger partial charge in [0.2, 0.25) is 10.9 Å². The number of hydrogen-bond donors (Lipinski definition) is 3. The molecule has 2 N–H and O–H groups in total. The summed E-state index contributed by atoms with van der Waals surface area (Å²) in [5.74, 6) is 0. The minimum Gasteiger partial charge on any atom is -0.369 e. The van der Waals surface area contributed by atoms with Crippen molar-refractivity contribution in [2.45, 2.75) is 19.0 Å². The smallest absolute Gasteiger partial charge is 0.203 e. The molecule has 0 bridgehead atoms. The number of nitrogens with zero attached hydrogens (tertiary/aromatic N) is 1. The first-order chi connectivity index (χ1) is 6.75. The number of nitrogens with one attached hydrogen (secondary N) is 2. The largest absolute Gasteiger partial charge is 0.369 e. The van der Waals surface area contributed by atoms with E-state index < -0.39 is 10.9 Å². The van der Waals surface area contributed by atoms with Gasteiger partial charge in [0, 0.05) is 18.1 Å². The number of rotatable bonds is 2. The highest BCUT2D eigenvalue weighted by atomic mass is 32.2. The Labute approximate surface area is 83.6 Å². The molecule has 76 valence electrons. The van der Waals surface area contributed by atoms with Gasteiger partial charge in [0.1, 0.15) is 0 Å². The van der Waals surface area contributed by atoms with Crippen molar-refractivity contribution in [3.8, 4) is 0 Å². The number of aryl methyl sites for hydroxylation is 1. The zero-order chi connectivity index (χ0) is 9.97. The van der Waals surface area contributed by atoms with Crippen LogP contribution in [0.1, 0.15) is 12.0 Å². The number of anilines is 1. The van der Waals surface area contributed by atoms with Crippen LogP contribution in [0.5, 0.6) is 0 Å². The lowest BCUT2D eigenvalue weighted by Gasteiger charge is -2.25. The van der Waals surface area contributed by atoms with Crippen molar-refractivity contribution in [1.82, 2.24) is 9.71 Å². The molecule has 0 spiro atoms. The third kappa shape index (κ3) is 2.02. The highest BCUT2D eigenvalue weighted by molar-refractivity contribution is 7.70. The Balaban J connectivity index is 2.13. The summed E-state index contributed by atoms with van der Waals surface area (Å²) >= 11 is 0. The van der Waals surface area contributed by atoms with E-state index in [0.29, 0.717) is 0 Å². The van der Waals surface area contributed by atoms with Crippen LogP contribution in [0.25, 0.3) is 0 Å². The van der Waals surface area contributed by atoms with Crippen LogP contribution in [0, 0.1) is 0 Å². The first-order valence-corrected chi connectivity index (χ1v) is 5.53. The summed E-state index contributed by atoms with van der Waals surface area (Å²) in [6.45, 7) is 0. The van der Waals surface area contributed by atoms with Crippen LogP contribution >= 0.6 is 0 Å². The van der Waals surface area contributed by atoms with E-state index in [1.807, 2.05) is 6.07 Å². The summed E-state index contributed by atoms with van der Waals surface area (Å²) in [5, 5.41) is 3.09. The van der Waals surface area contributed by atoms with Gasteiger partial charge >= 0.3 is 0 Å². The van der Waals surface area contributed by atoms with Crippen molar-refractivity contribution in [3.05, 3.63) is 24.0 Å². The Kier molecular flexibility index (Phi) is 2.64. The summed E-state index contributed by atoms with van der Waals surface area (Å²) in [6.07, 6.45) is 4.89. The molecule has 14 heavy (non-hydrogen) atoms. The monoisotopic (exact) mass is 213 g/mol. The number of pyridine rings is 1. The highest BCUT2D eigenvalue weighted by Gasteiger charge is 2.17. The van der Waals surface area contributed by atoms with Crippen LogP contribution < -0.4 is 10.0 Å². The zero-order valence-corrected chi connectivity index (χ0v) is 8.33. The van der Waals surface area contributed by atoms with E-state index in [4.69, 9.17) is 0 Å². The van der Waals surface area contributed by atoms with Gasteiger partial charge in [0.05, 0.1) is 6.17 Å². The number of aromatic nitrogens is 1. The van der Waals surface area contributed by atoms with E-state index in [0.717, 1.165) is 24.1 Å². The summed E-state index contributed by atoms with van der Waals surface area (Å²) in [7, 11) is -2.54. The van der Waals surface area contributed by atoms with Crippen LogP contribution in [0.3, 0.4) is 0 Å². The molecule has 1 atom stereocenters. The van der Waals surface area contributed by atoms with Crippen molar-refractivity contribution in [1.29, 1.82) is 0 Å². The van der Waals surface area contributed by atoms with Crippen molar-refractivity contribution in [2.75, 3.05) is 5.32 Å². The second-order valence-electron chi connectivity index (χ2n) is 3.15. The van der Waals surface area contributed by atoms with Crippen LogP contribution in [-0.4, -0.2) is 19.6 Å². The van der Waals surface area contributed by atoms with Gasteiger partial charge in [0.25, 0.3) is 0 Å². The van der Waals surface area contributed by atoms with E-state index in [9.17, 15) is 8.42 Å². The van der Waals surface area contributed by atoms with Gasteiger partial charge in [-0.2, -0.15) is 4.72 Å². The number of fused-ring (bicyclic) bond motifs is 1. The van der Waals surface area contributed by atoms with Crippen molar-refractivity contribution in [3.63, 3.8) is 0 Å². The number of thiol groups is 1. The molecule has 0 aromatic carbocycles. The van der Waals surface area contributed by atoms with E-state index in [2.05, 4.69) is 15.0 Å². The Morgan fingerprint density at radius 2 is 2.43 bits per heavy atom. The molecule has 1 aromatic heterocycles. The first kappa shape index (κ1) is 9.42. The maximum atomic E-state index is 10.5. The SMILES string of the molecule is O=[SH](=O)NC1CCc2cnccc2N1. The van der Waals surface area contributed by atoms with Crippen LogP contribution in [0.15, 0.2) is 18.5 Å². The molecule has 6 heteroatoms. The third-order valence-electron chi connectivity index (χ3n) is 2.20. The molecule has 0 amide bonds. The van der Waals surface area contributed by atoms with Gasteiger partial charge in [0.15, 0.2) is 0 Å². The van der Waals surface area contributed by atoms with Gasteiger partial charge in [-0.1, -0.05) is 0 Å². The molecule has 1 aliphatic heterocycles. The van der Waals surface area contributed by atoms with Crippen LogP contribution in [0.2, 0.25) is 0 Å². The fourth-order valence-electron chi connectivity index (χ4n) is 1.55. The summed E-state index contributed by atoms with van der Waals surface area (Å²) in [5.41, 5.74) is 2.09. The van der Waals surface area contributed by atoms with Crippen LogP contribution in [-0.2, 0) is 17.3 Å². The van der Waals surface area contributed by atoms with Gasteiger partial charge in [-0.3, -0.25) is 4.98 Å². The second-order valence-corrected chi connectivity index (χ2v) is 3.93. The summed E-state index contributed by atoms with van der Waals surface area (Å²) < 4.78 is 23.4. The second kappa shape index (κ2) is 3.93. The molecule has 1 aliphatic rings. The van der Waals surface area contributed by atoms with Crippen molar-refractivity contribution in [2.24, 2.45) is 0 Å². The van der Waals surface area contributed by atoms with Crippen LogP contribution in [0.4, 0.5) is 5.69 Å². The molecule has 1 unspecified atom stereocenters. The molecule has 2 rings (SSSR count). The van der Waals surface area contributed by atoms with Gasteiger partial charge < -0.3 is 5.32 Å². The molecule has 0 saturated heterocycles. The molecule has 0 saturated carbocycles. The van der Waals surface area contributed by atoms with Gasteiger partial charge in [-0.05, 0) is 24.5 Å². The fraction of sp³-hybridized carbons (Fsp3) is 0.375. The van der Waals surface area contributed by atoms with E-state index in [-0.39, 0.29) is 6.17 Å². The topological polar surface area (TPSA) is 71.1 Å². The summed E-state index contributed by atoms with van der Waals surface area (Å²) in [6, 6.07) is 1.85. The minimum absolute atomic E-state index is 0.189. The van der Waals surface area contributed by atoms with E-state index in [1.54, 1.807) is 12.4 Å². The highest BCUT2D eigenvalue weighted by Crippen LogP contribution is 2.21. The molecular formula is C8H11N3O2S. The zero-order valence-electron chi connectivity index (χ0n) is 7.43. The van der Waals surface area contributed by atoms with E-state index in [1.165, 1.54) is 0 Å². The van der Waals surface area contributed by atoms with Crippen molar-refractivity contribution >= 4 is 16.6 Å². The average Bonchev–Trinajstić information content (AvgIpc) is 2.17. The molecule has 0 radical (unpaired) electrons. The fourth-order valence-corrected chi connectivity index (χ4v) is 2.00. The maximum absolute atomic E-state index is 10.5. The molecular weight excluding hydrogens is 202 g/mol. The van der Waals surface area contributed by atoms with Crippen molar-refractivity contribution < 1.29 is 8.42 Å². The molecule has 0 fully saturated rings. The minimum atomic E-state index is -2.54. The lowest BCUT2D eigenvalue weighted by Crippen LogP contribution is -2.38. The normalized spacial score (nSPS) is 20.2. The third-order valence-corrected chi connectivity index (χ3v) is 2.72. The average molecular weight is 213 g/mol. The molecule has 5 nitrogen and oxygen atoms in total. The standard InChI is InChI=1S/C8H11N3O2S/c12-14(13)11-8-2-1-6-5-9-4-3-7(6)10-8/h3-5,8,10,14H,1-2H2,(H,11,12,13). The predicted octanol–water partition coefficient (Wildman–Crippen LogP) is -0.118. The van der Waals surface area contributed by atoms with E-state index >= 15 is 0 Å². The lowest BCUT2D eigenvalue weighted by molar-refractivity contribution is 0.562. The summed E-state index contributed by atoms with van der Waals surface area (Å²) in [4.78, 5) is 4.00. The lowest BCUT2D eigenvalue weighted by atomic mass is 10.0. The molecule has 1 aromatic rings. The Bertz CT molecular complexity index is 397. The Morgan fingerprint density at radius 3 is 3.21 bits per heavy atom. The number of hydrogen-bond acceptors (Lipinski definition) is 4. The Hall–Kier alpha value is -1.14.